The van der Waals surface area contributed by atoms with Crippen LogP contribution in [0.4, 0.5) is 22.7 Å². The molecule has 11 rings (SSSR count). The first-order valence-electron chi connectivity index (χ1n) is 23.0. The minimum atomic E-state index is 0. The van der Waals surface area contributed by atoms with E-state index in [0.29, 0.717) is 11.5 Å². The van der Waals surface area contributed by atoms with E-state index in [9.17, 15) is 0 Å². The predicted molar refractivity (Wildman–Crippen MR) is 278 cm³/mol. The molecule has 0 atom stereocenters. The minimum Gasteiger partial charge on any atom is -0.509 e. The van der Waals surface area contributed by atoms with Crippen LogP contribution in [0.25, 0.3) is 61.0 Å². The van der Waals surface area contributed by atoms with E-state index in [1.807, 2.05) is 24.4 Å². The molecule has 1 aliphatic heterocycles. The Bertz CT molecular complexity index is 3420. The Kier molecular flexibility index (Phi) is 11.7. The van der Waals surface area contributed by atoms with Gasteiger partial charge in [-0.2, -0.15) is 12.1 Å². The van der Waals surface area contributed by atoms with Gasteiger partial charge < -0.3 is 19.1 Å². The number of pyridine rings is 1. The van der Waals surface area contributed by atoms with Gasteiger partial charge in [0, 0.05) is 66.9 Å². The molecule has 3 heterocycles. The van der Waals surface area contributed by atoms with Crippen LogP contribution in [0.5, 0.6) is 11.5 Å². The van der Waals surface area contributed by atoms with Crippen molar-refractivity contribution in [1.29, 1.82) is 0 Å². The van der Waals surface area contributed by atoms with Gasteiger partial charge in [-0.05, 0) is 91.6 Å². The molecule has 68 heavy (non-hydrogen) atoms. The fourth-order valence-corrected chi connectivity index (χ4v) is 9.22. The monoisotopic (exact) mass is 1060 g/mol. The number of nitrogens with zero attached hydrogens (tertiary/aromatic N) is 4. The molecule has 10 aromatic rings. The molecular weight excluding hydrogens is 1010 g/mol. The van der Waals surface area contributed by atoms with Gasteiger partial charge in [0.2, 0.25) is 0 Å². The minimum absolute atomic E-state index is 0. The van der Waals surface area contributed by atoms with Gasteiger partial charge in [-0.3, -0.25) is 0 Å². The van der Waals surface area contributed by atoms with E-state index in [-0.39, 0.29) is 31.9 Å². The molecule has 0 N–H and O–H groups in total. The van der Waals surface area contributed by atoms with E-state index in [0.717, 1.165) is 83.8 Å². The second-order valence-corrected chi connectivity index (χ2v) is 19.4. The van der Waals surface area contributed by atoms with Gasteiger partial charge in [0.25, 0.3) is 0 Å². The Morgan fingerprint density at radius 2 is 1.10 bits per heavy atom. The molecule has 0 saturated carbocycles. The number of hydrogen-bond donors (Lipinski definition) is 0. The average Bonchev–Trinajstić information content (AvgIpc) is 3.90. The van der Waals surface area contributed by atoms with Crippen molar-refractivity contribution in [2.75, 3.05) is 9.80 Å². The molecule has 5 nitrogen and oxygen atoms in total. The molecule has 0 spiro atoms. The molecular formula is C62H51N4OPt-3. The second-order valence-electron chi connectivity index (χ2n) is 19.4. The van der Waals surface area contributed by atoms with E-state index in [1.165, 1.54) is 11.1 Å². The van der Waals surface area contributed by atoms with Gasteiger partial charge >= 0.3 is 0 Å². The van der Waals surface area contributed by atoms with E-state index < -0.39 is 0 Å². The molecule has 1 aliphatic rings. The van der Waals surface area contributed by atoms with Crippen molar-refractivity contribution in [3.8, 4) is 50.7 Å². The van der Waals surface area contributed by atoms with Crippen molar-refractivity contribution in [3.63, 3.8) is 0 Å². The quantitative estimate of drug-likeness (QED) is 0.142. The topological polar surface area (TPSA) is 33.5 Å². The van der Waals surface area contributed by atoms with Crippen LogP contribution in [-0.4, -0.2) is 9.55 Å². The third-order valence-corrected chi connectivity index (χ3v) is 12.9. The summed E-state index contributed by atoms with van der Waals surface area (Å²) < 4.78 is 8.92. The van der Waals surface area contributed by atoms with E-state index in [4.69, 9.17) is 9.72 Å². The first kappa shape index (κ1) is 44.6. The van der Waals surface area contributed by atoms with Crippen molar-refractivity contribution < 1.29 is 25.8 Å². The van der Waals surface area contributed by atoms with Crippen LogP contribution in [0.15, 0.2) is 194 Å². The zero-order chi connectivity index (χ0) is 45.9. The van der Waals surface area contributed by atoms with Crippen molar-refractivity contribution >= 4 is 44.6 Å². The van der Waals surface area contributed by atoms with Crippen LogP contribution in [0.3, 0.4) is 0 Å². The number of anilines is 4. The van der Waals surface area contributed by atoms with Crippen LogP contribution in [0.2, 0.25) is 0 Å². The summed E-state index contributed by atoms with van der Waals surface area (Å²) in [6, 6.07) is 73.8. The average molecular weight is 1060 g/mol. The summed E-state index contributed by atoms with van der Waals surface area (Å²) in [5.41, 5.74) is 15.5. The number of hydrogen-bond acceptors (Lipinski definition) is 4. The third-order valence-electron chi connectivity index (χ3n) is 12.9. The van der Waals surface area contributed by atoms with E-state index in [2.05, 4.69) is 245 Å². The summed E-state index contributed by atoms with van der Waals surface area (Å²) in [7, 11) is 0. The largest absolute Gasteiger partial charge is 0.509 e. The van der Waals surface area contributed by atoms with Gasteiger partial charge in [0.05, 0.1) is 0 Å². The normalized spacial score (nSPS) is 12.6. The standard InChI is InChI=1S/C62H51N4O.Pt/c1-61(2,3)46-27-24-44(25-28-46)55-40-63-60(39-54(55)43-18-11-8-12-19-43)66-56-23-14-13-22-52(56)53-34-33-51(38-58(53)66)67-50-21-15-20-49(37-50)65-41-64(48-31-29-47(30-32-48)62(4,5)6)57-35-26-45(36-59(57)65)42-16-9-7-10-17-42;/h7-36,39-41H,1-6H3;/q-3;. The van der Waals surface area contributed by atoms with Gasteiger partial charge in [0.15, 0.2) is 0 Å². The molecule has 2 aromatic heterocycles. The molecule has 0 unspecified atom stereocenters. The molecule has 338 valence electrons. The predicted octanol–water partition coefficient (Wildman–Crippen LogP) is 16.6. The maximum absolute atomic E-state index is 6.72. The zero-order valence-electron chi connectivity index (χ0n) is 39.1. The first-order chi connectivity index (χ1) is 32.5. The fourth-order valence-electron chi connectivity index (χ4n) is 9.22. The molecule has 0 amide bonds. The number of benzene rings is 8. The Morgan fingerprint density at radius 1 is 0.485 bits per heavy atom. The summed E-state index contributed by atoms with van der Waals surface area (Å²) in [6.07, 6.45) is 2.02. The molecule has 0 fully saturated rings. The molecule has 0 bridgehead atoms. The SMILES string of the molecule is CC(C)(C)c1ccc(-c2cnc(-n3c4[c-]c(Oc5[c-]c(N6[CH-]N(c7ccc(C(C)(C)C)cc7)c7ccc(-c8ccccc8)cc76)ccc5)ccc4c4ccccc43)cc2-c2ccccc2)cc1.[Pt]. The van der Waals surface area contributed by atoms with Crippen LogP contribution < -0.4 is 14.5 Å². The molecule has 0 saturated heterocycles. The smallest absolute Gasteiger partial charge is 0.136 e. The Labute approximate surface area is 414 Å². The van der Waals surface area contributed by atoms with Crippen LogP contribution in [-0.2, 0) is 31.9 Å². The molecule has 0 aliphatic carbocycles. The van der Waals surface area contributed by atoms with Crippen molar-refractivity contribution in [2.45, 2.75) is 52.4 Å². The van der Waals surface area contributed by atoms with Gasteiger partial charge in [-0.25, -0.2) is 4.98 Å². The van der Waals surface area contributed by atoms with Gasteiger partial charge in [-0.1, -0.05) is 168 Å². The number of rotatable bonds is 8. The van der Waals surface area contributed by atoms with Crippen molar-refractivity contribution in [2.24, 2.45) is 0 Å². The fraction of sp³-hybridized carbons (Fsp3) is 0.129. The summed E-state index contributed by atoms with van der Waals surface area (Å²) in [5, 5.41) is 2.19. The number of ether oxygens (including phenoxy) is 1. The first-order valence-corrected chi connectivity index (χ1v) is 23.0. The number of aromatic nitrogens is 2. The molecule has 0 radical (unpaired) electrons. The Hall–Kier alpha value is -7.20. The van der Waals surface area contributed by atoms with Crippen LogP contribution >= 0.6 is 0 Å². The maximum atomic E-state index is 6.72. The summed E-state index contributed by atoms with van der Waals surface area (Å²) in [6.45, 7) is 15.6. The summed E-state index contributed by atoms with van der Waals surface area (Å²) in [5.74, 6) is 1.98. The van der Waals surface area contributed by atoms with Crippen molar-refractivity contribution in [1.82, 2.24) is 9.55 Å². The van der Waals surface area contributed by atoms with Crippen LogP contribution in [0, 0.1) is 18.8 Å². The van der Waals surface area contributed by atoms with Crippen molar-refractivity contribution in [3.05, 3.63) is 224 Å². The maximum Gasteiger partial charge on any atom is 0.136 e. The Morgan fingerprint density at radius 3 is 1.81 bits per heavy atom. The number of para-hydroxylation sites is 1. The summed E-state index contributed by atoms with van der Waals surface area (Å²) in [4.78, 5) is 9.65. The van der Waals surface area contributed by atoms with Gasteiger partial charge in [0.1, 0.15) is 5.82 Å². The van der Waals surface area contributed by atoms with E-state index in [1.54, 1.807) is 0 Å². The zero-order valence-corrected chi connectivity index (χ0v) is 41.3. The van der Waals surface area contributed by atoms with Gasteiger partial charge in [-0.15, -0.1) is 48.1 Å². The van der Waals surface area contributed by atoms with Crippen LogP contribution in [0.1, 0.15) is 52.7 Å². The molecule has 8 aromatic carbocycles. The third kappa shape index (κ3) is 8.41. The molecule has 6 heteroatoms. The van der Waals surface area contributed by atoms with E-state index >= 15 is 0 Å². The second kappa shape index (κ2) is 17.8. The Balaban J connectivity index is 0.00000539. The summed E-state index contributed by atoms with van der Waals surface area (Å²) >= 11 is 0. The number of fused-ring (bicyclic) bond motifs is 4.